The molecule has 0 aliphatic rings. The van der Waals surface area contributed by atoms with Crippen molar-refractivity contribution in [2.45, 2.75) is 39.7 Å². The van der Waals surface area contributed by atoms with Crippen LogP contribution in [0.1, 0.15) is 48.4 Å². The molecule has 1 aromatic carbocycles. The summed E-state index contributed by atoms with van der Waals surface area (Å²) in [4.78, 5) is 8.44. The fourth-order valence-corrected chi connectivity index (χ4v) is 2.03. The minimum absolute atomic E-state index is 0.110. The molecule has 0 atom stereocenters. The largest absolute Gasteiger partial charge is 0.440 e. The molecule has 0 amide bonds. The zero-order chi connectivity index (χ0) is 16.2. The third kappa shape index (κ3) is 3.74. The summed E-state index contributed by atoms with van der Waals surface area (Å²) in [7, 11) is 0. The second-order valence-electron chi connectivity index (χ2n) is 5.57. The van der Waals surface area contributed by atoms with Gasteiger partial charge < -0.3 is 9.26 Å². The Balaban J connectivity index is 1.60. The van der Waals surface area contributed by atoms with Crippen molar-refractivity contribution >= 4 is 0 Å². The predicted octanol–water partition coefficient (Wildman–Crippen LogP) is 3.05. The summed E-state index contributed by atoms with van der Waals surface area (Å²) >= 11 is 0. The normalized spacial score (nSPS) is 11.1. The predicted molar refractivity (Wildman–Crippen MR) is 81.0 cm³/mol. The van der Waals surface area contributed by atoms with Gasteiger partial charge in [-0.25, -0.2) is 0 Å². The Kier molecular flexibility index (Phi) is 4.36. The van der Waals surface area contributed by atoms with Gasteiger partial charge in [0.15, 0.2) is 12.4 Å². The molecule has 2 heterocycles. The monoisotopic (exact) mass is 314 g/mol. The van der Waals surface area contributed by atoms with Gasteiger partial charge >= 0.3 is 6.08 Å². The van der Waals surface area contributed by atoms with E-state index >= 15 is 0 Å². The van der Waals surface area contributed by atoms with E-state index in [2.05, 4.69) is 33.3 Å². The zero-order valence-electron chi connectivity index (χ0n) is 13.3. The molecule has 3 aromatic rings. The molecule has 7 heteroatoms. The summed E-state index contributed by atoms with van der Waals surface area (Å²) < 4.78 is 15.6. The van der Waals surface area contributed by atoms with Gasteiger partial charge in [-0.05, 0) is 18.1 Å². The second-order valence-corrected chi connectivity index (χ2v) is 5.57. The maximum absolute atomic E-state index is 5.38. The van der Waals surface area contributed by atoms with Crippen LogP contribution in [0.15, 0.2) is 33.3 Å². The fraction of sp³-hybridized carbons (Fsp3) is 0.375. The molecule has 3 rings (SSSR count). The van der Waals surface area contributed by atoms with Gasteiger partial charge in [-0.1, -0.05) is 48.4 Å². The third-order valence-corrected chi connectivity index (χ3v) is 3.38. The number of rotatable bonds is 6. The average molecular weight is 314 g/mol. The summed E-state index contributed by atoms with van der Waals surface area (Å²) in [6.07, 6.45) is 0.705. The highest BCUT2D eigenvalue weighted by molar-refractivity contribution is 5.27. The Morgan fingerprint density at radius 1 is 1.09 bits per heavy atom. The zero-order valence-corrected chi connectivity index (χ0v) is 13.3. The molecule has 0 saturated carbocycles. The third-order valence-electron chi connectivity index (χ3n) is 3.38. The van der Waals surface area contributed by atoms with Crippen LogP contribution in [0.2, 0.25) is 0 Å². The Bertz CT molecular complexity index is 779. The first-order chi connectivity index (χ1) is 11.1. The number of ether oxygens (including phenoxy) is 1. The van der Waals surface area contributed by atoms with Gasteiger partial charge in [0.25, 0.3) is 0 Å². The molecule has 2 aromatic heterocycles. The van der Waals surface area contributed by atoms with Crippen molar-refractivity contribution in [3.63, 3.8) is 0 Å². The standard InChI is InChI=1S/C16H18N4O3/c1-10(2)15-18-16(23-20-15)21-9-13-17-14(22-19-13)8-12-7-5-4-6-11(12)3/h4-7,10H,8-9H2,1-3H3. The van der Waals surface area contributed by atoms with E-state index < -0.39 is 0 Å². The van der Waals surface area contributed by atoms with Crippen LogP contribution in [0, 0.1) is 6.92 Å². The molecule has 0 unspecified atom stereocenters. The van der Waals surface area contributed by atoms with Crippen LogP contribution in [0.3, 0.4) is 0 Å². The first-order valence-corrected chi connectivity index (χ1v) is 7.44. The van der Waals surface area contributed by atoms with Crippen LogP contribution in [0.25, 0.3) is 0 Å². The molecule has 0 spiro atoms. The summed E-state index contributed by atoms with van der Waals surface area (Å²) in [5.41, 5.74) is 2.35. The van der Waals surface area contributed by atoms with Crippen molar-refractivity contribution in [1.82, 2.24) is 20.3 Å². The van der Waals surface area contributed by atoms with Gasteiger partial charge in [0.1, 0.15) is 0 Å². The lowest BCUT2D eigenvalue weighted by Crippen LogP contribution is -1.99. The van der Waals surface area contributed by atoms with E-state index in [0.29, 0.717) is 24.0 Å². The number of benzene rings is 1. The smallest absolute Gasteiger partial charge is 0.417 e. The Labute approximate surface area is 133 Å². The first kappa shape index (κ1) is 15.2. The molecule has 7 nitrogen and oxygen atoms in total. The highest BCUT2D eigenvalue weighted by Gasteiger charge is 2.13. The lowest BCUT2D eigenvalue weighted by atomic mass is 10.1. The number of nitrogens with zero attached hydrogens (tertiary/aromatic N) is 4. The lowest BCUT2D eigenvalue weighted by Gasteiger charge is -2.00. The fourth-order valence-electron chi connectivity index (χ4n) is 2.03. The van der Waals surface area contributed by atoms with Crippen molar-refractivity contribution in [2.24, 2.45) is 0 Å². The lowest BCUT2D eigenvalue weighted by molar-refractivity contribution is 0.187. The van der Waals surface area contributed by atoms with Crippen LogP contribution in [0.5, 0.6) is 6.08 Å². The molecule has 120 valence electrons. The molecule has 0 saturated heterocycles. The van der Waals surface area contributed by atoms with Crippen LogP contribution in [-0.4, -0.2) is 20.3 Å². The highest BCUT2D eigenvalue weighted by atomic mass is 16.6. The highest BCUT2D eigenvalue weighted by Crippen LogP contribution is 2.16. The van der Waals surface area contributed by atoms with Crippen molar-refractivity contribution in [3.8, 4) is 6.08 Å². The second kappa shape index (κ2) is 6.60. The maximum atomic E-state index is 5.38. The van der Waals surface area contributed by atoms with Gasteiger partial charge in [-0.2, -0.15) is 9.97 Å². The summed E-state index contributed by atoms with van der Waals surface area (Å²) in [5.74, 6) is 1.78. The van der Waals surface area contributed by atoms with Crippen LogP contribution >= 0.6 is 0 Å². The molecule has 0 aliphatic carbocycles. The number of aryl methyl sites for hydroxylation is 1. The van der Waals surface area contributed by atoms with Crippen molar-refractivity contribution in [3.05, 3.63) is 52.9 Å². The molecule has 0 bridgehead atoms. The molecular weight excluding hydrogens is 296 g/mol. The molecule has 23 heavy (non-hydrogen) atoms. The van der Waals surface area contributed by atoms with Gasteiger partial charge in [0.05, 0.1) is 6.42 Å². The molecular formula is C16H18N4O3. The van der Waals surface area contributed by atoms with Crippen molar-refractivity contribution in [2.75, 3.05) is 0 Å². The van der Waals surface area contributed by atoms with E-state index in [1.54, 1.807) is 0 Å². The van der Waals surface area contributed by atoms with Gasteiger partial charge in [0, 0.05) is 5.92 Å². The van der Waals surface area contributed by atoms with Crippen molar-refractivity contribution in [1.29, 1.82) is 0 Å². The van der Waals surface area contributed by atoms with E-state index in [4.69, 9.17) is 13.8 Å². The first-order valence-electron chi connectivity index (χ1n) is 7.44. The SMILES string of the molecule is Cc1ccccc1Cc1nc(COc2nc(C(C)C)no2)no1. The van der Waals surface area contributed by atoms with E-state index in [1.165, 1.54) is 5.56 Å². The number of hydrogen-bond donors (Lipinski definition) is 0. The van der Waals surface area contributed by atoms with E-state index in [1.807, 2.05) is 32.0 Å². The Morgan fingerprint density at radius 2 is 1.91 bits per heavy atom. The van der Waals surface area contributed by atoms with Gasteiger partial charge in [-0.15, -0.1) is 0 Å². The molecule has 0 N–H and O–H groups in total. The van der Waals surface area contributed by atoms with E-state index in [9.17, 15) is 0 Å². The summed E-state index contributed by atoms with van der Waals surface area (Å²) in [6.45, 7) is 6.13. The molecule has 0 aliphatic heterocycles. The minimum atomic E-state index is 0.110. The minimum Gasteiger partial charge on any atom is -0.440 e. The topological polar surface area (TPSA) is 87.1 Å². The summed E-state index contributed by atoms with van der Waals surface area (Å²) in [5, 5.41) is 7.72. The number of hydrogen-bond acceptors (Lipinski definition) is 7. The van der Waals surface area contributed by atoms with Gasteiger partial charge in [-0.3, -0.25) is 4.52 Å². The van der Waals surface area contributed by atoms with Crippen LogP contribution < -0.4 is 4.74 Å². The Morgan fingerprint density at radius 3 is 2.65 bits per heavy atom. The Hall–Kier alpha value is -2.70. The molecule has 0 radical (unpaired) electrons. The van der Waals surface area contributed by atoms with E-state index in [-0.39, 0.29) is 18.6 Å². The number of aromatic nitrogens is 4. The van der Waals surface area contributed by atoms with Gasteiger partial charge in [0.2, 0.25) is 11.7 Å². The molecule has 0 fully saturated rings. The maximum Gasteiger partial charge on any atom is 0.417 e. The average Bonchev–Trinajstić information content (AvgIpc) is 3.17. The van der Waals surface area contributed by atoms with Crippen LogP contribution in [-0.2, 0) is 13.0 Å². The van der Waals surface area contributed by atoms with Crippen LogP contribution in [0.4, 0.5) is 0 Å². The quantitative estimate of drug-likeness (QED) is 0.691. The van der Waals surface area contributed by atoms with Crippen molar-refractivity contribution < 1.29 is 13.8 Å². The summed E-state index contributed by atoms with van der Waals surface area (Å²) in [6, 6.07) is 8.09. The van der Waals surface area contributed by atoms with E-state index in [0.717, 1.165) is 5.56 Å².